The minimum Gasteiger partial charge on any atom is -0.497 e. The molecule has 0 aromatic heterocycles. The second-order valence-electron chi connectivity index (χ2n) is 8.10. The zero-order chi connectivity index (χ0) is 23.3. The highest BCUT2D eigenvalue weighted by Gasteiger charge is 2.28. The number of benzene rings is 2. The minimum atomic E-state index is -3.66. The maximum atomic E-state index is 13.3. The third kappa shape index (κ3) is 5.24. The van der Waals surface area contributed by atoms with Crippen molar-refractivity contribution < 1.29 is 22.7 Å². The first-order valence-corrected chi connectivity index (χ1v) is 12.4. The van der Waals surface area contributed by atoms with E-state index < -0.39 is 10.0 Å². The summed E-state index contributed by atoms with van der Waals surface area (Å²) in [6, 6.07) is 9.84. The van der Waals surface area contributed by atoms with Crippen molar-refractivity contribution in [2.75, 3.05) is 27.3 Å². The second-order valence-corrected chi connectivity index (χ2v) is 10.0. The van der Waals surface area contributed by atoms with E-state index in [2.05, 4.69) is 5.32 Å². The lowest BCUT2D eigenvalue weighted by atomic mass is 10.1. The fourth-order valence-corrected chi connectivity index (χ4v) is 5.74. The number of carbonyl (C=O) groups is 1. The Labute approximate surface area is 190 Å². The van der Waals surface area contributed by atoms with Crippen molar-refractivity contribution in [3.63, 3.8) is 0 Å². The summed E-state index contributed by atoms with van der Waals surface area (Å²) in [5, 5.41) is 2.94. The molecule has 1 aliphatic heterocycles. The number of rotatable bonds is 7. The number of ether oxygens (including phenoxy) is 2. The standard InChI is InChI=1S/C24H32N2O5S/c1-17-9-10-19(15-23(17)32(28,29)26-13-7-5-6-8-14-26)24(27)25-18(2)21-16-20(30-3)11-12-22(21)31-4/h9-12,15-16,18H,5-8,13-14H2,1-4H3,(H,25,27). The molecule has 2 aromatic rings. The van der Waals surface area contributed by atoms with E-state index in [0.717, 1.165) is 31.2 Å². The van der Waals surface area contributed by atoms with Gasteiger partial charge in [-0.3, -0.25) is 4.79 Å². The SMILES string of the molecule is COc1ccc(OC)c(C(C)NC(=O)c2ccc(C)c(S(=O)(=O)N3CCCCCC3)c2)c1. The molecule has 0 aliphatic carbocycles. The molecule has 1 amide bonds. The molecular formula is C24H32N2O5S. The van der Waals surface area contributed by atoms with Gasteiger partial charge in [-0.1, -0.05) is 18.9 Å². The van der Waals surface area contributed by atoms with Gasteiger partial charge in [-0.15, -0.1) is 0 Å². The molecule has 1 aliphatic rings. The predicted molar refractivity (Wildman–Crippen MR) is 124 cm³/mol. The Bertz CT molecular complexity index is 1060. The quantitative estimate of drug-likeness (QED) is 0.673. The number of nitrogens with one attached hydrogen (secondary N) is 1. The molecule has 1 unspecified atom stereocenters. The van der Waals surface area contributed by atoms with Crippen molar-refractivity contribution in [3.05, 3.63) is 53.1 Å². The maximum Gasteiger partial charge on any atom is 0.251 e. The molecule has 1 atom stereocenters. The largest absolute Gasteiger partial charge is 0.497 e. The Morgan fingerprint density at radius 1 is 1.00 bits per heavy atom. The topological polar surface area (TPSA) is 84.9 Å². The van der Waals surface area contributed by atoms with Crippen LogP contribution in [0.5, 0.6) is 11.5 Å². The van der Waals surface area contributed by atoms with E-state index in [-0.39, 0.29) is 16.8 Å². The summed E-state index contributed by atoms with van der Waals surface area (Å²) in [7, 11) is -0.510. The highest BCUT2D eigenvalue weighted by molar-refractivity contribution is 7.89. The van der Waals surface area contributed by atoms with Gasteiger partial charge < -0.3 is 14.8 Å². The number of hydrogen-bond acceptors (Lipinski definition) is 5. The fourth-order valence-electron chi connectivity index (χ4n) is 3.98. The summed E-state index contributed by atoms with van der Waals surface area (Å²) >= 11 is 0. The molecule has 174 valence electrons. The first-order chi connectivity index (χ1) is 15.3. The van der Waals surface area contributed by atoms with Crippen LogP contribution in [0, 0.1) is 6.92 Å². The number of sulfonamides is 1. The van der Waals surface area contributed by atoms with Gasteiger partial charge in [0.15, 0.2) is 0 Å². The number of methoxy groups -OCH3 is 2. The average molecular weight is 461 g/mol. The van der Waals surface area contributed by atoms with Crippen molar-refractivity contribution in [2.45, 2.75) is 50.5 Å². The number of amides is 1. The van der Waals surface area contributed by atoms with Crippen LogP contribution >= 0.6 is 0 Å². The van der Waals surface area contributed by atoms with Crippen LogP contribution in [0.1, 0.15) is 60.1 Å². The molecule has 1 N–H and O–H groups in total. The van der Waals surface area contributed by atoms with Gasteiger partial charge in [-0.2, -0.15) is 4.31 Å². The average Bonchev–Trinajstić information content (AvgIpc) is 3.09. The lowest BCUT2D eigenvalue weighted by Gasteiger charge is -2.22. The Morgan fingerprint density at radius 2 is 1.69 bits per heavy atom. The summed E-state index contributed by atoms with van der Waals surface area (Å²) in [4.78, 5) is 13.2. The van der Waals surface area contributed by atoms with E-state index in [1.807, 2.05) is 13.0 Å². The number of hydrogen-bond donors (Lipinski definition) is 1. The molecule has 32 heavy (non-hydrogen) atoms. The molecule has 1 heterocycles. The molecular weight excluding hydrogens is 428 g/mol. The van der Waals surface area contributed by atoms with Crippen LogP contribution in [-0.4, -0.2) is 45.9 Å². The van der Waals surface area contributed by atoms with Gasteiger partial charge >= 0.3 is 0 Å². The lowest BCUT2D eigenvalue weighted by molar-refractivity contribution is 0.0939. The summed E-state index contributed by atoms with van der Waals surface area (Å²) in [5.41, 5.74) is 1.70. The lowest BCUT2D eigenvalue weighted by Crippen LogP contribution is -2.33. The van der Waals surface area contributed by atoms with E-state index in [1.54, 1.807) is 49.7 Å². The first-order valence-electron chi connectivity index (χ1n) is 10.9. The predicted octanol–water partition coefficient (Wildman–Crippen LogP) is 4.07. The summed E-state index contributed by atoms with van der Waals surface area (Å²) in [6.45, 7) is 4.64. The molecule has 0 radical (unpaired) electrons. The van der Waals surface area contributed by atoms with Gasteiger partial charge in [-0.05, 0) is 62.6 Å². The number of aryl methyl sites for hydroxylation is 1. The smallest absolute Gasteiger partial charge is 0.251 e. The first kappa shape index (κ1) is 24.1. The van der Waals surface area contributed by atoms with E-state index in [1.165, 1.54) is 6.07 Å². The van der Waals surface area contributed by atoms with Crippen molar-refractivity contribution in [1.82, 2.24) is 9.62 Å². The van der Waals surface area contributed by atoms with Crippen LogP contribution in [0.2, 0.25) is 0 Å². The van der Waals surface area contributed by atoms with Crippen molar-refractivity contribution in [2.24, 2.45) is 0 Å². The van der Waals surface area contributed by atoms with Gasteiger partial charge in [0, 0.05) is 24.2 Å². The molecule has 0 spiro atoms. The van der Waals surface area contributed by atoms with Gasteiger partial charge in [0.2, 0.25) is 10.0 Å². The molecule has 0 bridgehead atoms. The highest BCUT2D eigenvalue weighted by atomic mass is 32.2. The number of nitrogens with zero attached hydrogens (tertiary/aromatic N) is 1. The molecule has 0 saturated carbocycles. The Hall–Kier alpha value is -2.58. The van der Waals surface area contributed by atoms with Crippen LogP contribution < -0.4 is 14.8 Å². The molecule has 2 aromatic carbocycles. The third-order valence-corrected chi connectivity index (χ3v) is 7.92. The molecule has 1 saturated heterocycles. The van der Waals surface area contributed by atoms with Gasteiger partial charge in [0.25, 0.3) is 5.91 Å². The Kier molecular flexibility index (Phi) is 7.79. The monoisotopic (exact) mass is 460 g/mol. The summed E-state index contributed by atoms with van der Waals surface area (Å²) < 4.78 is 38.8. The van der Waals surface area contributed by atoms with Crippen LogP contribution in [-0.2, 0) is 10.0 Å². The van der Waals surface area contributed by atoms with Crippen LogP contribution in [0.3, 0.4) is 0 Å². The zero-order valence-corrected chi connectivity index (χ0v) is 20.0. The highest BCUT2D eigenvalue weighted by Crippen LogP contribution is 2.30. The van der Waals surface area contributed by atoms with Gasteiger partial charge in [-0.25, -0.2) is 8.42 Å². The van der Waals surface area contributed by atoms with Crippen LogP contribution in [0.15, 0.2) is 41.3 Å². The van der Waals surface area contributed by atoms with Gasteiger partial charge in [0.05, 0.1) is 25.2 Å². The van der Waals surface area contributed by atoms with E-state index in [4.69, 9.17) is 9.47 Å². The summed E-state index contributed by atoms with van der Waals surface area (Å²) in [5.74, 6) is 0.935. The van der Waals surface area contributed by atoms with Crippen molar-refractivity contribution in [1.29, 1.82) is 0 Å². The zero-order valence-electron chi connectivity index (χ0n) is 19.2. The summed E-state index contributed by atoms with van der Waals surface area (Å²) in [6.07, 6.45) is 3.80. The normalized spacial score (nSPS) is 16.1. The Morgan fingerprint density at radius 3 is 2.31 bits per heavy atom. The molecule has 7 nitrogen and oxygen atoms in total. The fraction of sp³-hybridized carbons (Fsp3) is 0.458. The van der Waals surface area contributed by atoms with Crippen molar-refractivity contribution in [3.8, 4) is 11.5 Å². The van der Waals surface area contributed by atoms with E-state index in [0.29, 0.717) is 35.7 Å². The maximum absolute atomic E-state index is 13.3. The molecule has 8 heteroatoms. The minimum absolute atomic E-state index is 0.193. The van der Waals surface area contributed by atoms with E-state index >= 15 is 0 Å². The van der Waals surface area contributed by atoms with E-state index in [9.17, 15) is 13.2 Å². The van der Waals surface area contributed by atoms with Crippen LogP contribution in [0.4, 0.5) is 0 Å². The molecule has 3 rings (SSSR count). The van der Waals surface area contributed by atoms with Crippen LogP contribution in [0.25, 0.3) is 0 Å². The second kappa shape index (κ2) is 10.4. The third-order valence-electron chi connectivity index (χ3n) is 5.88. The Balaban J connectivity index is 1.85. The van der Waals surface area contributed by atoms with Gasteiger partial charge in [0.1, 0.15) is 11.5 Å². The van der Waals surface area contributed by atoms with Crippen molar-refractivity contribution >= 4 is 15.9 Å². The molecule has 1 fully saturated rings. The number of carbonyl (C=O) groups excluding carboxylic acids is 1.